The van der Waals surface area contributed by atoms with Crippen LogP contribution in [0.3, 0.4) is 0 Å². The minimum atomic E-state index is -0.475. The van der Waals surface area contributed by atoms with E-state index >= 15 is 0 Å². The van der Waals surface area contributed by atoms with Crippen LogP contribution in [0.1, 0.15) is 30.9 Å². The van der Waals surface area contributed by atoms with Crippen LogP contribution >= 0.6 is 0 Å². The Bertz CT molecular complexity index is 635. The number of amides is 1. The molecule has 22 heavy (non-hydrogen) atoms. The summed E-state index contributed by atoms with van der Waals surface area (Å²) in [6, 6.07) is 18.5. The molecule has 2 aromatic carbocycles. The van der Waals surface area contributed by atoms with Gasteiger partial charge >= 0.3 is 0 Å². The summed E-state index contributed by atoms with van der Waals surface area (Å²) in [5.41, 5.74) is 2.33. The number of para-hydroxylation sites is 1. The van der Waals surface area contributed by atoms with E-state index in [-0.39, 0.29) is 5.91 Å². The maximum absolute atomic E-state index is 12.0. The SMILES string of the molecule is C[C@@H](Oc1ccccc1Cc1ccccc1)C(=O)NC1CC1. The van der Waals surface area contributed by atoms with Crippen molar-refractivity contribution in [3.63, 3.8) is 0 Å². The molecule has 0 unspecified atom stereocenters. The van der Waals surface area contributed by atoms with Gasteiger partial charge in [0.1, 0.15) is 5.75 Å². The summed E-state index contributed by atoms with van der Waals surface area (Å²) in [5.74, 6) is 0.752. The van der Waals surface area contributed by atoms with Gasteiger partial charge in [-0.3, -0.25) is 4.79 Å². The lowest BCUT2D eigenvalue weighted by molar-refractivity contribution is -0.127. The van der Waals surface area contributed by atoms with Gasteiger partial charge in [-0.2, -0.15) is 0 Å². The molecule has 114 valence electrons. The van der Waals surface area contributed by atoms with Crippen LogP contribution in [0, 0.1) is 0 Å². The third kappa shape index (κ3) is 3.88. The molecule has 1 atom stereocenters. The second-order valence-electron chi connectivity index (χ2n) is 5.81. The zero-order chi connectivity index (χ0) is 15.4. The molecule has 0 spiro atoms. The largest absolute Gasteiger partial charge is 0.481 e. The molecule has 0 aliphatic heterocycles. The molecule has 0 saturated heterocycles. The molecule has 1 fully saturated rings. The van der Waals surface area contributed by atoms with Crippen LogP contribution in [0.2, 0.25) is 0 Å². The number of rotatable bonds is 6. The first kappa shape index (κ1) is 14.6. The molecule has 2 aromatic rings. The molecule has 1 saturated carbocycles. The molecule has 0 radical (unpaired) electrons. The highest BCUT2D eigenvalue weighted by atomic mass is 16.5. The molecule has 3 rings (SSSR count). The van der Waals surface area contributed by atoms with Crippen molar-refractivity contribution in [3.05, 3.63) is 65.7 Å². The minimum Gasteiger partial charge on any atom is -0.481 e. The number of benzene rings is 2. The molecule has 3 heteroatoms. The molecule has 3 nitrogen and oxygen atoms in total. The zero-order valence-corrected chi connectivity index (χ0v) is 12.8. The van der Waals surface area contributed by atoms with Crippen molar-refractivity contribution >= 4 is 5.91 Å². The molecule has 0 aromatic heterocycles. The molecular weight excluding hydrogens is 274 g/mol. The van der Waals surface area contributed by atoms with Crippen molar-refractivity contribution in [2.45, 2.75) is 38.3 Å². The van der Waals surface area contributed by atoms with Crippen LogP contribution in [0.15, 0.2) is 54.6 Å². The van der Waals surface area contributed by atoms with Crippen LogP contribution in [-0.2, 0) is 11.2 Å². The van der Waals surface area contributed by atoms with Crippen LogP contribution in [0.4, 0.5) is 0 Å². The van der Waals surface area contributed by atoms with E-state index in [1.54, 1.807) is 6.92 Å². The fraction of sp³-hybridized carbons (Fsp3) is 0.316. The van der Waals surface area contributed by atoms with E-state index in [9.17, 15) is 4.79 Å². The average Bonchev–Trinajstić information content (AvgIpc) is 3.34. The first-order valence-corrected chi connectivity index (χ1v) is 7.81. The standard InChI is InChI=1S/C19H21NO2/c1-14(19(21)20-17-11-12-17)22-18-10-6-5-9-16(18)13-15-7-3-2-4-8-15/h2-10,14,17H,11-13H2,1H3,(H,20,21)/t14-/m1/s1. The molecule has 1 aliphatic carbocycles. The van der Waals surface area contributed by atoms with Gasteiger partial charge in [0, 0.05) is 12.5 Å². The Hall–Kier alpha value is -2.29. The van der Waals surface area contributed by atoms with Crippen molar-refractivity contribution in [2.24, 2.45) is 0 Å². The van der Waals surface area contributed by atoms with Crippen molar-refractivity contribution in [3.8, 4) is 5.75 Å². The number of hydrogen-bond acceptors (Lipinski definition) is 2. The van der Waals surface area contributed by atoms with E-state index < -0.39 is 6.10 Å². The van der Waals surface area contributed by atoms with Crippen molar-refractivity contribution < 1.29 is 9.53 Å². The highest BCUT2D eigenvalue weighted by Gasteiger charge is 2.26. The summed E-state index contributed by atoms with van der Waals surface area (Å²) in [5, 5.41) is 2.98. The van der Waals surface area contributed by atoms with Gasteiger partial charge in [0.05, 0.1) is 0 Å². The maximum Gasteiger partial charge on any atom is 0.260 e. The summed E-state index contributed by atoms with van der Waals surface area (Å²) in [6.45, 7) is 1.80. The van der Waals surface area contributed by atoms with Gasteiger partial charge in [0.2, 0.25) is 0 Å². The Morgan fingerprint density at radius 2 is 1.82 bits per heavy atom. The number of carbonyl (C=O) groups is 1. The average molecular weight is 295 g/mol. The third-order valence-electron chi connectivity index (χ3n) is 3.81. The molecular formula is C19H21NO2. The van der Waals surface area contributed by atoms with E-state index in [2.05, 4.69) is 17.4 Å². The lowest BCUT2D eigenvalue weighted by atomic mass is 10.0. The van der Waals surface area contributed by atoms with Gasteiger partial charge in [-0.05, 0) is 37.0 Å². The summed E-state index contributed by atoms with van der Waals surface area (Å²) >= 11 is 0. The van der Waals surface area contributed by atoms with E-state index in [4.69, 9.17) is 4.74 Å². The summed E-state index contributed by atoms with van der Waals surface area (Å²) in [6.07, 6.45) is 2.50. The smallest absolute Gasteiger partial charge is 0.260 e. The van der Waals surface area contributed by atoms with Gasteiger partial charge < -0.3 is 10.1 Å². The number of nitrogens with one attached hydrogen (secondary N) is 1. The van der Waals surface area contributed by atoms with Gasteiger partial charge in [0.25, 0.3) is 5.91 Å². The Morgan fingerprint density at radius 1 is 1.14 bits per heavy atom. The second kappa shape index (κ2) is 6.65. The molecule has 1 amide bonds. The van der Waals surface area contributed by atoms with Crippen LogP contribution in [0.25, 0.3) is 0 Å². The van der Waals surface area contributed by atoms with E-state index in [1.807, 2.05) is 42.5 Å². The first-order chi connectivity index (χ1) is 10.7. The van der Waals surface area contributed by atoms with E-state index in [0.717, 1.165) is 30.6 Å². The predicted octanol–water partition coefficient (Wildman–Crippen LogP) is 3.32. The van der Waals surface area contributed by atoms with Crippen LogP contribution in [0.5, 0.6) is 5.75 Å². The quantitative estimate of drug-likeness (QED) is 0.888. The molecule has 0 heterocycles. The summed E-state index contributed by atoms with van der Waals surface area (Å²) in [7, 11) is 0. The lowest BCUT2D eigenvalue weighted by Crippen LogP contribution is -2.37. The summed E-state index contributed by atoms with van der Waals surface area (Å²) in [4.78, 5) is 12.0. The molecule has 0 bridgehead atoms. The van der Waals surface area contributed by atoms with E-state index in [0.29, 0.717) is 6.04 Å². The minimum absolute atomic E-state index is 0.0305. The fourth-order valence-corrected chi connectivity index (χ4v) is 2.37. The van der Waals surface area contributed by atoms with Gasteiger partial charge in [-0.15, -0.1) is 0 Å². The topological polar surface area (TPSA) is 38.3 Å². The second-order valence-corrected chi connectivity index (χ2v) is 5.81. The zero-order valence-electron chi connectivity index (χ0n) is 12.8. The van der Waals surface area contributed by atoms with Gasteiger partial charge in [0.15, 0.2) is 6.10 Å². The molecule has 1 N–H and O–H groups in total. The monoisotopic (exact) mass is 295 g/mol. The number of ether oxygens (including phenoxy) is 1. The van der Waals surface area contributed by atoms with Gasteiger partial charge in [-0.1, -0.05) is 48.5 Å². The van der Waals surface area contributed by atoms with Crippen molar-refractivity contribution in [1.29, 1.82) is 0 Å². The Balaban J connectivity index is 1.69. The summed E-state index contributed by atoms with van der Waals surface area (Å²) < 4.78 is 5.90. The fourth-order valence-electron chi connectivity index (χ4n) is 2.37. The molecule has 1 aliphatic rings. The Morgan fingerprint density at radius 3 is 2.55 bits per heavy atom. The highest BCUT2D eigenvalue weighted by Crippen LogP contribution is 2.23. The maximum atomic E-state index is 12.0. The first-order valence-electron chi connectivity index (χ1n) is 7.81. The predicted molar refractivity (Wildman–Crippen MR) is 86.9 cm³/mol. The van der Waals surface area contributed by atoms with Crippen molar-refractivity contribution in [1.82, 2.24) is 5.32 Å². The Kier molecular flexibility index (Phi) is 4.42. The highest BCUT2D eigenvalue weighted by molar-refractivity contribution is 5.81. The van der Waals surface area contributed by atoms with Crippen molar-refractivity contribution in [2.75, 3.05) is 0 Å². The van der Waals surface area contributed by atoms with Crippen LogP contribution < -0.4 is 10.1 Å². The lowest BCUT2D eigenvalue weighted by Gasteiger charge is -2.17. The van der Waals surface area contributed by atoms with E-state index in [1.165, 1.54) is 5.56 Å². The van der Waals surface area contributed by atoms with Crippen LogP contribution in [-0.4, -0.2) is 18.1 Å². The number of hydrogen-bond donors (Lipinski definition) is 1. The third-order valence-corrected chi connectivity index (χ3v) is 3.81. The number of carbonyl (C=O) groups excluding carboxylic acids is 1. The van der Waals surface area contributed by atoms with Gasteiger partial charge in [-0.25, -0.2) is 0 Å². The normalized spacial score (nSPS) is 15.1. The Labute approximate surface area is 131 Å².